The van der Waals surface area contributed by atoms with Gasteiger partial charge in [-0.25, -0.2) is 4.79 Å². The Morgan fingerprint density at radius 3 is 1.85 bits per heavy atom. The van der Waals surface area contributed by atoms with Gasteiger partial charge in [-0.3, -0.25) is 0 Å². The first-order valence-corrected chi connectivity index (χ1v) is 13.4. The van der Waals surface area contributed by atoms with Crippen molar-refractivity contribution in [2.24, 2.45) is 5.92 Å². The number of hydrogen-bond acceptors (Lipinski definition) is 3. The van der Waals surface area contributed by atoms with Gasteiger partial charge < -0.3 is 4.74 Å². The highest BCUT2D eigenvalue weighted by Crippen LogP contribution is 2.54. The molecule has 4 heteroatoms. The average Bonchev–Trinajstić information content (AvgIpc) is 2.65. The van der Waals surface area contributed by atoms with Gasteiger partial charge in [-0.1, -0.05) is 96.0 Å². The van der Waals surface area contributed by atoms with Crippen LogP contribution < -0.4 is 0 Å². The lowest BCUT2D eigenvalue weighted by Crippen LogP contribution is -2.63. The minimum atomic E-state index is -1.55. The van der Waals surface area contributed by atoms with Gasteiger partial charge in [0.1, 0.15) is 6.66 Å². The van der Waals surface area contributed by atoms with Crippen molar-refractivity contribution in [2.45, 2.75) is 128 Å². The van der Waals surface area contributed by atoms with Crippen molar-refractivity contribution in [3.8, 4) is 0 Å². The van der Waals surface area contributed by atoms with Gasteiger partial charge in [0.25, 0.3) is 5.16 Å². The molecule has 1 rings (SSSR count). The van der Waals surface area contributed by atoms with E-state index in [0.717, 1.165) is 44.9 Å². The Hall–Kier alpha value is -0.430. The molecular formula is C23H44O3P+. The molecule has 1 fully saturated rings. The zero-order valence-electron chi connectivity index (χ0n) is 18.4. The van der Waals surface area contributed by atoms with Crippen LogP contribution in [-0.2, 0) is 14.1 Å². The highest BCUT2D eigenvalue weighted by Gasteiger charge is 2.70. The Kier molecular flexibility index (Phi) is 12.5. The van der Waals surface area contributed by atoms with E-state index in [-0.39, 0.29) is 12.1 Å². The maximum Gasteiger partial charge on any atom is 0.365 e. The molecule has 4 unspecified atom stereocenters. The molecule has 158 valence electrons. The quantitative estimate of drug-likeness (QED) is 0.143. The van der Waals surface area contributed by atoms with Crippen LogP contribution in [0.1, 0.15) is 117 Å². The normalized spacial score (nSPS) is 23.6. The van der Waals surface area contributed by atoms with Crippen LogP contribution in [0.2, 0.25) is 0 Å². The number of cyclic esters (lactones) is 1. The first-order valence-electron chi connectivity index (χ1n) is 11.7. The molecule has 3 nitrogen and oxygen atoms in total. The minimum Gasteiger partial charge on any atom is -0.453 e. The van der Waals surface area contributed by atoms with Crippen molar-refractivity contribution < 1.29 is 14.1 Å². The van der Waals surface area contributed by atoms with Crippen LogP contribution in [0, 0.1) is 5.92 Å². The fourth-order valence-corrected chi connectivity index (χ4v) is 5.89. The Bertz CT molecular complexity index is 427. The van der Waals surface area contributed by atoms with E-state index < -0.39 is 13.0 Å². The topological polar surface area (TPSA) is 43.4 Å². The molecule has 1 heterocycles. The van der Waals surface area contributed by atoms with Gasteiger partial charge in [0.05, 0.1) is 0 Å². The fourth-order valence-electron chi connectivity index (χ4n) is 4.49. The number of carbonyl (C=O) groups excluding carboxylic acids is 1. The van der Waals surface area contributed by atoms with Crippen LogP contribution >= 0.6 is 7.80 Å². The van der Waals surface area contributed by atoms with Gasteiger partial charge >= 0.3 is 13.8 Å². The zero-order valence-corrected chi connectivity index (χ0v) is 19.3. The van der Waals surface area contributed by atoms with Crippen molar-refractivity contribution >= 4 is 13.8 Å². The molecule has 0 N–H and O–H groups in total. The van der Waals surface area contributed by atoms with E-state index in [0.29, 0.717) is 5.92 Å². The molecule has 0 saturated carbocycles. The van der Waals surface area contributed by atoms with Gasteiger partial charge in [-0.2, -0.15) is 0 Å². The summed E-state index contributed by atoms with van der Waals surface area (Å²) >= 11 is 0. The molecule has 0 aromatic carbocycles. The Morgan fingerprint density at radius 1 is 0.889 bits per heavy atom. The molecule has 0 bridgehead atoms. The third-order valence-corrected chi connectivity index (χ3v) is 8.20. The standard InChI is InChI=1S/C23H44O3P/c1-5-8-10-11-12-13-14-15-16-17-19-23(27(4)25)21(26-22(23)24)20(7-3)18-9-6-2/h20-21H,5-19H2,1-4H3/q+1. The largest absolute Gasteiger partial charge is 0.453 e. The molecule has 0 aromatic rings. The maximum atomic E-state index is 12.6. The molecule has 1 aliphatic heterocycles. The molecule has 0 spiro atoms. The highest BCUT2D eigenvalue weighted by atomic mass is 31.1. The second-order valence-electron chi connectivity index (χ2n) is 8.49. The monoisotopic (exact) mass is 399 g/mol. The summed E-state index contributed by atoms with van der Waals surface area (Å²) in [6.45, 7) is 8.36. The Morgan fingerprint density at radius 2 is 1.41 bits per heavy atom. The lowest BCUT2D eigenvalue weighted by molar-refractivity contribution is -0.187. The van der Waals surface area contributed by atoms with Gasteiger partial charge in [0.15, 0.2) is 6.10 Å². The average molecular weight is 400 g/mol. The smallest absolute Gasteiger partial charge is 0.365 e. The third-order valence-electron chi connectivity index (χ3n) is 6.41. The minimum absolute atomic E-state index is 0.117. The van der Waals surface area contributed by atoms with Crippen LogP contribution in [0.25, 0.3) is 0 Å². The van der Waals surface area contributed by atoms with Crippen LogP contribution in [0.4, 0.5) is 0 Å². The summed E-state index contributed by atoms with van der Waals surface area (Å²) in [7, 11) is -1.55. The van der Waals surface area contributed by atoms with E-state index in [4.69, 9.17) is 4.74 Å². The van der Waals surface area contributed by atoms with Gasteiger partial charge in [-0.05, 0) is 19.3 Å². The number of unbranched alkanes of at least 4 members (excludes halogenated alkanes) is 10. The second-order valence-corrected chi connectivity index (χ2v) is 10.3. The van der Waals surface area contributed by atoms with Gasteiger partial charge in [0.2, 0.25) is 0 Å². The fraction of sp³-hybridized carbons (Fsp3) is 0.957. The van der Waals surface area contributed by atoms with Crippen molar-refractivity contribution in [1.82, 2.24) is 0 Å². The van der Waals surface area contributed by atoms with Gasteiger partial charge in [-0.15, -0.1) is 0 Å². The number of esters is 1. The predicted octanol–water partition coefficient (Wildman–Crippen LogP) is 7.64. The Balaban J connectivity index is 2.39. The van der Waals surface area contributed by atoms with Crippen LogP contribution in [0.15, 0.2) is 0 Å². The first kappa shape index (κ1) is 24.6. The van der Waals surface area contributed by atoms with E-state index in [1.54, 1.807) is 6.66 Å². The van der Waals surface area contributed by atoms with Crippen LogP contribution in [0.3, 0.4) is 0 Å². The summed E-state index contributed by atoms with van der Waals surface area (Å²) in [4.78, 5) is 12.4. The van der Waals surface area contributed by atoms with Crippen LogP contribution in [0.5, 0.6) is 0 Å². The first-order chi connectivity index (χ1) is 13.0. The van der Waals surface area contributed by atoms with Crippen molar-refractivity contribution in [3.63, 3.8) is 0 Å². The van der Waals surface area contributed by atoms with E-state index >= 15 is 0 Å². The molecule has 0 aliphatic carbocycles. The van der Waals surface area contributed by atoms with E-state index in [1.807, 2.05) is 0 Å². The molecular weight excluding hydrogens is 355 g/mol. The molecule has 1 saturated heterocycles. The van der Waals surface area contributed by atoms with E-state index in [9.17, 15) is 9.36 Å². The predicted molar refractivity (Wildman–Crippen MR) is 116 cm³/mol. The van der Waals surface area contributed by atoms with Crippen molar-refractivity contribution in [3.05, 3.63) is 0 Å². The summed E-state index contributed by atoms with van der Waals surface area (Å²) in [5, 5.41) is -0.691. The summed E-state index contributed by atoms with van der Waals surface area (Å²) in [5.41, 5.74) is 0. The zero-order chi connectivity index (χ0) is 20.1. The lowest BCUT2D eigenvalue weighted by atomic mass is 9.78. The highest BCUT2D eigenvalue weighted by molar-refractivity contribution is 7.47. The molecule has 0 amide bonds. The molecule has 0 radical (unpaired) electrons. The SMILES string of the molecule is CCCCCCCCCCCCC1([P+](C)=O)C(=O)OC1C(CC)CCCC. The summed E-state index contributed by atoms with van der Waals surface area (Å²) < 4.78 is 18.2. The van der Waals surface area contributed by atoms with E-state index in [1.165, 1.54) is 51.4 Å². The Labute approximate surface area is 169 Å². The van der Waals surface area contributed by atoms with Crippen LogP contribution in [-0.4, -0.2) is 23.9 Å². The van der Waals surface area contributed by atoms with Gasteiger partial charge in [0, 0.05) is 12.3 Å². The summed E-state index contributed by atoms with van der Waals surface area (Å²) in [5.74, 6) is 0.173. The second kappa shape index (κ2) is 13.7. The number of carbonyl (C=O) groups is 1. The number of rotatable bonds is 17. The van der Waals surface area contributed by atoms with Crippen molar-refractivity contribution in [1.29, 1.82) is 0 Å². The molecule has 0 aromatic heterocycles. The summed E-state index contributed by atoms with van der Waals surface area (Å²) in [6.07, 6.45) is 17.8. The number of hydrogen-bond donors (Lipinski definition) is 0. The lowest BCUT2D eigenvalue weighted by Gasteiger charge is -2.43. The third kappa shape index (κ3) is 7.15. The number of ether oxygens (including phenoxy) is 1. The summed E-state index contributed by atoms with van der Waals surface area (Å²) in [6, 6.07) is 0. The molecule has 27 heavy (non-hydrogen) atoms. The molecule has 1 aliphatic rings. The maximum absolute atomic E-state index is 12.6. The molecule has 4 atom stereocenters. The van der Waals surface area contributed by atoms with E-state index in [2.05, 4.69) is 20.8 Å². The van der Waals surface area contributed by atoms with Crippen molar-refractivity contribution in [2.75, 3.05) is 6.66 Å².